The van der Waals surface area contributed by atoms with Crippen LogP contribution in [-0.4, -0.2) is 64.6 Å². The van der Waals surface area contributed by atoms with Gasteiger partial charge in [0.2, 0.25) is 11.7 Å². The van der Waals surface area contributed by atoms with Crippen molar-refractivity contribution in [1.29, 1.82) is 0 Å². The van der Waals surface area contributed by atoms with E-state index < -0.39 is 28.7 Å². The first kappa shape index (κ1) is 21.4. The second-order valence-corrected chi connectivity index (χ2v) is 6.68. The van der Waals surface area contributed by atoms with Crippen LogP contribution in [0, 0.1) is 5.82 Å². The average molecular weight is 419 g/mol. The molecule has 160 valence electrons. The largest absolute Gasteiger partial charge is 0.501 e. The van der Waals surface area contributed by atoms with Crippen LogP contribution >= 0.6 is 0 Å². The molecule has 3 rings (SSSR count). The molecule has 0 saturated carbocycles. The Hall–Kier alpha value is -3.31. The number of H-pyrrole nitrogens is 1. The minimum Gasteiger partial charge on any atom is -0.501 e. The highest BCUT2D eigenvalue weighted by Gasteiger charge is 2.19. The molecule has 1 aromatic carbocycles. The molecule has 2 amide bonds. The lowest BCUT2D eigenvalue weighted by Crippen LogP contribution is -2.43. The van der Waals surface area contributed by atoms with Crippen molar-refractivity contribution in [2.75, 3.05) is 32.8 Å². The number of nitrogens with zero attached hydrogens (tertiary/aromatic N) is 2. The fourth-order valence-electron chi connectivity index (χ4n) is 2.82. The molecule has 0 unspecified atom stereocenters. The number of amides is 2. The lowest BCUT2D eigenvalue weighted by atomic mass is 10.2. The van der Waals surface area contributed by atoms with Gasteiger partial charge in [0.05, 0.1) is 26.3 Å². The summed E-state index contributed by atoms with van der Waals surface area (Å²) in [4.78, 5) is 44.6. The van der Waals surface area contributed by atoms with E-state index in [4.69, 9.17) is 4.74 Å². The first-order chi connectivity index (χ1) is 14.4. The molecule has 0 radical (unpaired) electrons. The second-order valence-electron chi connectivity index (χ2n) is 6.68. The number of carbonyl (C=O) groups excluding carboxylic acids is 2. The minimum atomic E-state index is -0.894. The van der Waals surface area contributed by atoms with Gasteiger partial charge in [-0.1, -0.05) is 12.1 Å². The van der Waals surface area contributed by atoms with Crippen molar-refractivity contribution in [3.8, 4) is 5.75 Å². The molecule has 1 fully saturated rings. The van der Waals surface area contributed by atoms with Crippen molar-refractivity contribution in [2.45, 2.75) is 13.1 Å². The van der Waals surface area contributed by atoms with Crippen molar-refractivity contribution in [1.82, 2.24) is 25.5 Å². The van der Waals surface area contributed by atoms with Gasteiger partial charge in [0, 0.05) is 19.6 Å². The van der Waals surface area contributed by atoms with Gasteiger partial charge in [-0.2, -0.15) is 0 Å². The zero-order chi connectivity index (χ0) is 21.5. The number of aromatic amines is 1. The standard InChI is InChI=1S/C19H22FN5O5/c20-13-3-1-12(2-4-13)9-22-18(28)16-17(27)19(29)24-14(23-16)10-21-15(26)11-25-5-7-30-8-6-25/h1-4,27H,5-11H2,(H,21,26)(H,22,28)(H,23,24,29). The van der Waals surface area contributed by atoms with E-state index in [1.54, 1.807) is 0 Å². The molecule has 30 heavy (non-hydrogen) atoms. The Labute approximate surface area is 171 Å². The van der Waals surface area contributed by atoms with E-state index in [-0.39, 0.29) is 31.4 Å². The van der Waals surface area contributed by atoms with E-state index in [0.29, 0.717) is 31.9 Å². The van der Waals surface area contributed by atoms with Crippen molar-refractivity contribution >= 4 is 11.8 Å². The van der Waals surface area contributed by atoms with Crippen molar-refractivity contribution in [3.05, 3.63) is 57.5 Å². The van der Waals surface area contributed by atoms with Gasteiger partial charge in [0.1, 0.15) is 11.6 Å². The number of aromatic nitrogens is 2. The molecule has 2 aromatic rings. The molecular weight excluding hydrogens is 397 g/mol. The van der Waals surface area contributed by atoms with E-state index in [1.165, 1.54) is 24.3 Å². The lowest BCUT2D eigenvalue weighted by Gasteiger charge is -2.25. The van der Waals surface area contributed by atoms with Crippen molar-refractivity contribution in [2.24, 2.45) is 0 Å². The summed E-state index contributed by atoms with van der Waals surface area (Å²) in [5.41, 5.74) is -0.725. The molecule has 1 saturated heterocycles. The molecule has 0 spiro atoms. The number of ether oxygens (including phenoxy) is 1. The van der Waals surface area contributed by atoms with E-state index in [1.807, 2.05) is 4.90 Å². The first-order valence-corrected chi connectivity index (χ1v) is 9.34. The number of aromatic hydroxyl groups is 1. The number of halogens is 1. The average Bonchev–Trinajstić information content (AvgIpc) is 2.74. The predicted octanol–water partition coefficient (Wildman–Crippen LogP) is -0.507. The van der Waals surface area contributed by atoms with Crippen LogP contribution in [0.1, 0.15) is 21.9 Å². The van der Waals surface area contributed by atoms with E-state index in [9.17, 15) is 23.9 Å². The summed E-state index contributed by atoms with van der Waals surface area (Å²) in [5, 5.41) is 15.0. The Morgan fingerprint density at radius 1 is 1.17 bits per heavy atom. The number of rotatable bonds is 7. The van der Waals surface area contributed by atoms with Crippen LogP contribution in [0.25, 0.3) is 0 Å². The lowest BCUT2D eigenvalue weighted by molar-refractivity contribution is -0.123. The monoisotopic (exact) mass is 419 g/mol. The Bertz CT molecular complexity index is 957. The van der Waals surface area contributed by atoms with Gasteiger partial charge in [-0.05, 0) is 17.7 Å². The summed E-state index contributed by atoms with van der Waals surface area (Å²) < 4.78 is 18.2. The molecule has 1 aliphatic rings. The molecule has 1 aromatic heterocycles. The molecule has 0 atom stereocenters. The highest BCUT2D eigenvalue weighted by Crippen LogP contribution is 2.09. The number of carbonyl (C=O) groups is 2. The van der Waals surface area contributed by atoms with E-state index >= 15 is 0 Å². The number of nitrogens with one attached hydrogen (secondary N) is 3. The summed E-state index contributed by atoms with van der Waals surface area (Å²) >= 11 is 0. The molecule has 2 heterocycles. The van der Waals surface area contributed by atoms with Crippen LogP contribution in [0.3, 0.4) is 0 Å². The maximum Gasteiger partial charge on any atom is 0.293 e. The van der Waals surface area contributed by atoms with Gasteiger partial charge >= 0.3 is 0 Å². The Morgan fingerprint density at radius 2 is 1.87 bits per heavy atom. The topological polar surface area (TPSA) is 137 Å². The van der Waals surface area contributed by atoms with Crippen LogP contribution in [0.2, 0.25) is 0 Å². The zero-order valence-corrected chi connectivity index (χ0v) is 16.1. The summed E-state index contributed by atoms with van der Waals surface area (Å²) in [6, 6.07) is 5.50. The van der Waals surface area contributed by atoms with Gasteiger partial charge in [0.15, 0.2) is 5.69 Å². The third-order valence-corrected chi connectivity index (χ3v) is 4.45. The van der Waals surface area contributed by atoms with Gasteiger partial charge in [0.25, 0.3) is 11.5 Å². The number of morpholine rings is 1. The summed E-state index contributed by atoms with van der Waals surface area (Å²) in [6.07, 6.45) is 0. The summed E-state index contributed by atoms with van der Waals surface area (Å²) in [6.45, 7) is 2.56. The molecule has 10 nitrogen and oxygen atoms in total. The summed E-state index contributed by atoms with van der Waals surface area (Å²) in [7, 11) is 0. The molecule has 1 aliphatic heterocycles. The van der Waals surface area contributed by atoms with Crippen LogP contribution < -0.4 is 16.2 Å². The maximum atomic E-state index is 12.9. The van der Waals surface area contributed by atoms with E-state index in [2.05, 4.69) is 20.6 Å². The second kappa shape index (κ2) is 9.94. The molecule has 4 N–H and O–H groups in total. The Morgan fingerprint density at radius 3 is 2.57 bits per heavy atom. The SMILES string of the molecule is O=C(CN1CCOCC1)NCc1nc(C(=O)NCc2ccc(F)cc2)c(O)c(=O)[nH]1. The normalized spacial score (nSPS) is 14.3. The van der Waals surface area contributed by atoms with Gasteiger partial charge in [-0.15, -0.1) is 0 Å². The van der Waals surface area contributed by atoms with Crippen LogP contribution in [-0.2, 0) is 22.6 Å². The van der Waals surface area contributed by atoms with Crippen molar-refractivity contribution in [3.63, 3.8) is 0 Å². The van der Waals surface area contributed by atoms with Crippen LogP contribution in [0.4, 0.5) is 4.39 Å². The fraction of sp³-hybridized carbons (Fsp3) is 0.368. The van der Waals surface area contributed by atoms with E-state index in [0.717, 1.165) is 0 Å². The molecule has 11 heteroatoms. The van der Waals surface area contributed by atoms with Crippen LogP contribution in [0.15, 0.2) is 29.1 Å². The predicted molar refractivity (Wildman–Crippen MR) is 103 cm³/mol. The van der Waals surface area contributed by atoms with Gasteiger partial charge < -0.3 is 25.5 Å². The van der Waals surface area contributed by atoms with Crippen LogP contribution in [0.5, 0.6) is 5.75 Å². The van der Waals surface area contributed by atoms with Crippen molar-refractivity contribution < 1.29 is 23.8 Å². The third kappa shape index (κ3) is 5.84. The molecular formula is C19H22FN5O5. The quantitative estimate of drug-likeness (QED) is 0.475. The van der Waals surface area contributed by atoms with Gasteiger partial charge in [-0.3, -0.25) is 19.3 Å². The highest BCUT2D eigenvalue weighted by atomic mass is 19.1. The first-order valence-electron chi connectivity index (χ1n) is 9.34. The Kier molecular flexibility index (Phi) is 7.09. The molecule has 0 bridgehead atoms. The minimum absolute atomic E-state index is 0.0278. The fourth-order valence-corrected chi connectivity index (χ4v) is 2.82. The highest BCUT2D eigenvalue weighted by molar-refractivity contribution is 5.94. The van der Waals surface area contributed by atoms with Gasteiger partial charge in [-0.25, -0.2) is 9.37 Å². The number of hydrogen-bond acceptors (Lipinski definition) is 7. The zero-order valence-electron chi connectivity index (χ0n) is 16.1. The third-order valence-electron chi connectivity index (χ3n) is 4.45. The smallest absolute Gasteiger partial charge is 0.293 e. The number of hydrogen-bond donors (Lipinski definition) is 4. The number of benzene rings is 1. The Balaban J connectivity index is 1.59. The summed E-state index contributed by atoms with van der Waals surface area (Å²) in [5.74, 6) is -2.24. The molecule has 0 aliphatic carbocycles. The maximum absolute atomic E-state index is 12.9.